The highest BCUT2D eigenvalue weighted by atomic mass is 35.5. The van der Waals surface area contributed by atoms with Crippen LogP contribution in [0.2, 0.25) is 0 Å². The predicted octanol–water partition coefficient (Wildman–Crippen LogP) is 3.18. The number of nitrogens with one attached hydrogen (secondary N) is 1. The lowest BCUT2D eigenvalue weighted by Crippen LogP contribution is -2.23. The Balaban J connectivity index is 2.15. The Morgan fingerprint density at radius 1 is 1.00 bits per heavy atom. The molecule has 21 heavy (non-hydrogen) atoms. The molecule has 0 aliphatic carbocycles. The first-order chi connectivity index (χ1) is 9.92. The Bertz CT molecular complexity index is 750. The smallest absolute Gasteiger partial charge is 0.207 e. The van der Waals surface area contributed by atoms with E-state index in [4.69, 9.17) is 11.6 Å². The number of benzene rings is 2. The average Bonchev–Trinajstić information content (AvgIpc) is 2.48. The van der Waals surface area contributed by atoms with Gasteiger partial charge in [0.05, 0.1) is 4.90 Å². The summed E-state index contributed by atoms with van der Waals surface area (Å²) in [6.45, 7) is 0.0338. The zero-order valence-electron chi connectivity index (χ0n) is 10.8. The summed E-state index contributed by atoms with van der Waals surface area (Å²) in [4.78, 5) is -0.324. The molecule has 7 heteroatoms. The summed E-state index contributed by atoms with van der Waals surface area (Å²) in [6.07, 6.45) is 0. The highest BCUT2D eigenvalue weighted by molar-refractivity contribution is 7.89. The van der Waals surface area contributed by atoms with Gasteiger partial charge in [0, 0.05) is 12.4 Å². The van der Waals surface area contributed by atoms with Crippen molar-refractivity contribution >= 4 is 21.6 Å². The average molecular weight is 332 g/mol. The van der Waals surface area contributed by atoms with Gasteiger partial charge in [0.25, 0.3) is 0 Å². The van der Waals surface area contributed by atoms with Crippen LogP contribution < -0.4 is 4.72 Å². The number of rotatable bonds is 5. The number of halogens is 3. The molecule has 2 aromatic rings. The van der Waals surface area contributed by atoms with E-state index in [2.05, 4.69) is 4.72 Å². The van der Waals surface area contributed by atoms with Gasteiger partial charge in [-0.3, -0.25) is 0 Å². The van der Waals surface area contributed by atoms with Crippen molar-refractivity contribution in [3.8, 4) is 0 Å². The molecule has 0 atom stereocenters. The first kappa shape index (κ1) is 15.9. The van der Waals surface area contributed by atoms with Crippen molar-refractivity contribution in [3.05, 3.63) is 65.2 Å². The van der Waals surface area contributed by atoms with Crippen molar-refractivity contribution in [2.45, 2.75) is 17.3 Å². The second kappa shape index (κ2) is 6.51. The monoisotopic (exact) mass is 331 g/mol. The van der Waals surface area contributed by atoms with Gasteiger partial charge >= 0.3 is 0 Å². The summed E-state index contributed by atoms with van der Waals surface area (Å²) in [7, 11) is -3.91. The van der Waals surface area contributed by atoms with Gasteiger partial charge in [-0.2, -0.15) is 0 Å². The van der Waals surface area contributed by atoms with Gasteiger partial charge in [0.15, 0.2) is 11.6 Å². The molecule has 0 unspecified atom stereocenters. The first-order valence-corrected chi connectivity index (χ1v) is 8.02. The fourth-order valence-corrected chi connectivity index (χ4v) is 2.92. The molecular weight excluding hydrogens is 320 g/mol. The third-order valence-corrected chi connectivity index (χ3v) is 4.52. The maximum atomic E-state index is 13.1. The fourth-order valence-electron chi connectivity index (χ4n) is 1.73. The molecule has 0 saturated carbocycles. The van der Waals surface area contributed by atoms with Crippen LogP contribution in [0.1, 0.15) is 11.1 Å². The van der Waals surface area contributed by atoms with Crippen LogP contribution in [0.25, 0.3) is 0 Å². The second-order valence-electron chi connectivity index (χ2n) is 4.35. The van der Waals surface area contributed by atoms with E-state index in [-0.39, 0.29) is 11.4 Å². The Morgan fingerprint density at radius 2 is 1.71 bits per heavy atom. The molecule has 0 spiro atoms. The van der Waals surface area contributed by atoms with Crippen molar-refractivity contribution in [3.63, 3.8) is 0 Å². The largest absolute Gasteiger partial charge is 0.240 e. The molecule has 0 radical (unpaired) electrons. The number of hydrogen-bond acceptors (Lipinski definition) is 2. The third kappa shape index (κ3) is 4.00. The van der Waals surface area contributed by atoms with Crippen molar-refractivity contribution in [1.82, 2.24) is 4.72 Å². The van der Waals surface area contributed by atoms with Gasteiger partial charge < -0.3 is 0 Å². The molecule has 2 rings (SSSR count). The van der Waals surface area contributed by atoms with E-state index in [1.165, 1.54) is 0 Å². The lowest BCUT2D eigenvalue weighted by Gasteiger charge is -2.08. The van der Waals surface area contributed by atoms with Crippen LogP contribution in [-0.2, 0) is 22.4 Å². The Hall–Kier alpha value is -1.50. The van der Waals surface area contributed by atoms with E-state index in [1.54, 1.807) is 18.2 Å². The molecule has 0 aromatic heterocycles. The van der Waals surface area contributed by atoms with Crippen LogP contribution >= 0.6 is 11.6 Å². The normalized spacial score (nSPS) is 11.6. The molecule has 0 aliphatic heterocycles. The minimum atomic E-state index is -3.91. The maximum Gasteiger partial charge on any atom is 0.240 e. The van der Waals surface area contributed by atoms with Crippen LogP contribution in [0, 0.1) is 11.6 Å². The third-order valence-electron chi connectivity index (χ3n) is 2.81. The second-order valence-corrected chi connectivity index (χ2v) is 6.39. The molecule has 0 bridgehead atoms. The Labute approximate surface area is 126 Å². The molecule has 0 aliphatic rings. The minimum Gasteiger partial charge on any atom is -0.207 e. The van der Waals surface area contributed by atoms with Crippen molar-refractivity contribution in [2.24, 2.45) is 0 Å². The molecule has 3 nitrogen and oxygen atoms in total. The highest BCUT2D eigenvalue weighted by Crippen LogP contribution is 2.14. The number of hydrogen-bond donors (Lipinski definition) is 1. The molecule has 2 aromatic carbocycles. The van der Waals surface area contributed by atoms with Crippen LogP contribution in [0.4, 0.5) is 8.78 Å². The molecule has 112 valence electrons. The number of alkyl halides is 1. The molecule has 0 fully saturated rings. The first-order valence-electron chi connectivity index (χ1n) is 6.01. The summed E-state index contributed by atoms with van der Waals surface area (Å²) in [5.41, 5.74) is 1.58. The fraction of sp³-hybridized carbons (Fsp3) is 0.143. The summed E-state index contributed by atoms with van der Waals surface area (Å²) in [6, 6.07) is 9.52. The summed E-state index contributed by atoms with van der Waals surface area (Å²) >= 11 is 5.70. The van der Waals surface area contributed by atoms with E-state index in [0.717, 1.165) is 23.3 Å². The van der Waals surface area contributed by atoms with E-state index in [1.807, 2.05) is 6.07 Å². The van der Waals surface area contributed by atoms with E-state index >= 15 is 0 Å². The minimum absolute atomic E-state index is 0.0338. The van der Waals surface area contributed by atoms with Crippen molar-refractivity contribution in [2.75, 3.05) is 0 Å². The van der Waals surface area contributed by atoms with Crippen molar-refractivity contribution in [1.29, 1.82) is 0 Å². The van der Waals surface area contributed by atoms with E-state index in [0.29, 0.717) is 11.9 Å². The summed E-state index contributed by atoms with van der Waals surface area (Å²) < 4.78 is 52.2. The van der Waals surface area contributed by atoms with E-state index < -0.39 is 21.7 Å². The lowest BCUT2D eigenvalue weighted by atomic mass is 10.1. The summed E-state index contributed by atoms with van der Waals surface area (Å²) in [5, 5.41) is 0. The van der Waals surface area contributed by atoms with Crippen LogP contribution in [0.15, 0.2) is 47.4 Å². The topological polar surface area (TPSA) is 46.2 Å². The quantitative estimate of drug-likeness (QED) is 0.855. The van der Waals surface area contributed by atoms with Crippen molar-refractivity contribution < 1.29 is 17.2 Å². The van der Waals surface area contributed by atoms with E-state index in [9.17, 15) is 17.2 Å². The number of sulfonamides is 1. The van der Waals surface area contributed by atoms with Crippen LogP contribution in [0.3, 0.4) is 0 Å². The van der Waals surface area contributed by atoms with Gasteiger partial charge in [-0.1, -0.05) is 24.3 Å². The zero-order chi connectivity index (χ0) is 15.5. The predicted molar refractivity (Wildman–Crippen MR) is 76.4 cm³/mol. The molecular formula is C14H12ClF2NO2S. The Morgan fingerprint density at radius 3 is 2.38 bits per heavy atom. The van der Waals surface area contributed by atoms with Gasteiger partial charge in [-0.25, -0.2) is 21.9 Å². The van der Waals surface area contributed by atoms with Gasteiger partial charge in [-0.15, -0.1) is 11.6 Å². The van der Waals surface area contributed by atoms with Gasteiger partial charge in [-0.05, 0) is 29.3 Å². The van der Waals surface area contributed by atoms with Gasteiger partial charge in [0.1, 0.15) is 0 Å². The molecule has 0 heterocycles. The lowest BCUT2D eigenvalue weighted by molar-refractivity contribution is 0.504. The zero-order valence-corrected chi connectivity index (χ0v) is 12.4. The Kier molecular flexibility index (Phi) is 4.92. The van der Waals surface area contributed by atoms with Crippen LogP contribution in [0.5, 0.6) is 0 Å². The maximum absolute atomic E-state index is 13.1. The molecule has 0 amide bonds. The molecule has 1 N–H and O–H groups in total. The summed E-state index contributed by atoms with van der Waals surface area (Å²) in [5.74, 6) is -1.98. The SMILES string of the molecule is O=S(=O)(NCc1cccc(CCl)c1)c1ccc(F)c(F)c1. The van der Waals surface area contributed by atoms with Gasteiger partial charge in [0.2, 0.25) is 10.0 Å². The highest BCUT2D eigenvalue weighted by Gasteiger charge is 2.16. The van der Waals surface area contributed by atoms with Crippen LogP contribution in [-0.4, -0.2) is 8.42 Å². The molecule has 0 saturated heterocycles. The standard InChI is InChI=1S/C14H12ClF2NO2S/c15-8-10-2-1-3-11(6-10)9-18-21(19,20)12-4-5-13(16)14(17)7-12/h1-7,18H,8-9H2.